The molecule has 0 fully saturated rings. The van der Waals surface area contributed by atoms with Gasteiger partial charge in [-0.25, -0.2) is 0 Å². The monoisotopic (exact) mass is 165 g/mol. The molecule has 0 aliphatic carbocycles. The minimum Gasteiger partial charge on any atom is -0.394 e. The first-order valence-electron chi connectivity index (χ1n) is 3.40. The van der Waals surface area contributed by atoms with Crippen LogP contribution in [-0.4, -0.2) is 53.0 Å². The van der Waals surface area contributed by atoms with Crippen molar-refractivity contribution in [1.29, 1.82) is 0 Å². The van der Waals surface area contributed by atoms with Gasteiger partial charge in [-0.1, -0.05) is 0 Å². The summed E-state index contributed by atoms with van der Waals surface area (Å²) in [5.41, 5.74) is 0. The van der Waals surface area contributed by atoms with Crippen LogP contribution in [0, 0.1) is 0 Å². The van der Waals surface area contributed by atoms with Gasteiger partial charge >= 0.3 is 0 Å². The highest BCUT2D eigenvalue weighted by atomic mass is 16.7. The van der Waals surface area contributed by atoms with Crippen LogP contribution in [0.25, 0.3) is 0 Å². The third-order valence-electron chi connectivity index (χ3n) is 1.21. The Morgan fingerprint density at radius 2 is 2.00 bits per heavy atom. The quantitative estimate of drug-likeness (QED) is 0.343. The Labute approximate surface area is 65.8 Å². The van der Waals surface area contributed by atoms with Gasteiger partial charge in [0.25, 0.3) is 0 Å². The Balaban J connectivity index is 3.37. The summed E-state index contributed by atoms with van der Waals surface area (Å²) < 4.78 is 0. The first kappa shape index (κ1) is 10.8. The lowest BCUT2D eigenvalue weighted by Gasteiger charge is -2.20. The summed E-state index contributed by atoms with van der Waals surface area (Å²) in [6, 6.07) is 0. The summed E-state index contributed by atoms with van der Waals surface area (Å²) in [7, 11) is 1.54. The smallest absolute Gasteiger partial charge is 0.126 e. The second kappa shape index (κ2) is 5.45. The molecule has 3 N–H and O–H groups in total. The van der Waals surface area contributed by atoms with E-state index in [1.807, 2.05) is 0 Å². The molecule has 0 aromatic heterocycles. The fourth-order valence-corrected chi connectivity index (χ4v) is 0.364. The molecule has 0 saturated carbocycles. The highest BCUT2D eigenvalue weighted by Gasteiger charge is 2.08. The van der Waals surface area contributed by atoms with Crippen molar-refractivity contribution in [3.8, 4) is 0 Å². The first-order chi connectivity index (χ1) is 5.07. The van der Waals surface area contributed by atoms with Gasteiger partial charge in [0.15, 0.2) is 0 Å². The molecule has 11 heavy (non-hydrogen) atoms. The van der Waals surface area contributed by atoms with Crippen LogP contribution in [-0.2, 0) is 4.84 Å². The van der Waals surface area contributed by atoms with Crippen molar-refractivity contribution in [3.05, 3.63) is 0 Å². The van der Waals surface area contributed by atoms with Crippen LogP contribution in [0.3, 0.4) is 0 Å². The topological polar surface area (TPSA) is 73.2 Å². The van der Waals surface area contributed by atoms with Gasteiger partial charge in [0, 0.05) is 7.05 Å². The van der Waals surface area contributed by atoms with Gasteiger partial charge in [-0.2, -0.15) is 5.06 Å². The van der Waals surface area contributed by atoms with Crippen LogP contribution in [0.15, 0.2) is 0 Å². The van der Waals surface area contributed by atoms with E-state index in [-0.39, 0.29) is 13.2 Å². The fraction of sp³-hybridized carbons (Fsp3) is 1.00. The molecule has 0 radical (unpaired) electrons. The van der Waals surface area contributed by atoms with E-state index in [1.165, 1.54) is 19.0 Å². The van der Waals surface area contributed by atoms with Crippen molar-refractivity contribution < 1.29 is 20.2 Å². The minimum absolute atomic E-state index is 0.0160. The molecule has 68 valence electrons. The molecule has 0 aromatic carbocycles. The van der Waals surface area contributed by atoms with Gasteiger partial charge in [0.1, 0.15) is 12.3 Å². The standard InChI is InChI=1S/C6H15NO4/c1-5(9)7(2)11-4-6(10)3-8/h5-6,8-10H,3-4H2,1-2H3. The molecule has 0 bridgehead atoms. The Hall–Kier alpha value is -0.200. The summed E-state index contributed by atoms with van der Waals surface area (Å²) in [4.78, 5) is 4.83. The van der Waals surface area contributed by atoms with Crippen molar-refractivity contribution >= 4 is 0 Å². The zero-order valence-corrected chi connectivity index (χ0v) is 6.77. The molecule has 0 spiro atoms. The summed E-state index contributed by atoms with van der Waals surface area (Å²) in [5, 5.41) is 27.2. The Morgan fingerprint density at radius 3 is 2.36 bits per heavy atom. The number of aliphatic hydroxyl groups excluding tert-OH is 3. The number of aliphatic hydroxyl groups is 3. The Kier molecular flexibility index (Phi) is 5.35. The number of hydrogen-bond acceptors (Lipinski definition) is 5. The normalized spacial score (nSPS) is 16.9. The number of rotatable bonds is 5. The molecule has 0 heterocycles. The maximum atomic E-state index is 8.86. The van der Waals surface area contributed by atoms with Crippen molar-refractivity contribution in [2.24, 2.45) is 0 Å². The van der Waals surface area contributed by atoms with E-state index in [4.69, 9.17) is 20.2 Å². The lowest BCUT2D eigenvalue weighted by atomic mass is 10.4. The van der Waals surface area contributed by atoms with E-state index in [0.29, 0.717) is 0 Å². The molecule has 0 aliphatic rings. The second-order valence-electron chi connectivity index (χ2n) is 2.31. The summed E-state index contributed by atoms with van der Waals surface area (Å²) in [5.74, 6) is 0. The molecule has 2 unspecified atom stereocenters. The van der Waals surface area contributed by atoms with E-state index in [9.17, 15) is 0 Å². The maximum absolute atomic E-state index is 8.86. The van der Waals surface area contributed by atoms with Crippen LogP contribution in [0.2, 0.25) is 0 Å². The number of hydrogen-bond donors (Lipinski definition) is 3. The largest absolute Gasteiger partial charge is 0.394 e. The van der Waals surface area contributed by atoms with Gasteiger partial charge in [-0.3, -0.25) is 4.84 Å². The molecule has 5 heteroatoms. The molecule has 0 aliphatic heterocycles. The van der Waals surface area contributed by atoms with Crippen LogP contribution >= 0.6 is 0 Å². The van der Waals surface area contributed by atoms with Crippen molar-refractivity contribution in [3.63, 3.8) is 0 Å². The highest BCUT2D eigenvalue weighted by Crippen LogP contribution is 1.93. The van der Waals surface area contributed by atoms with Gasteiger partial charge in [0.05, 0.1) is 13.2 Å². The van der Waals surface area contributed by atoms with Crippen LogP contribution < -0.4 is 0 Å². The van der Waals surface area contributed by atoms with Crippen LogP contribution in [0.5, 0.6) is 0 Å². The zero-order chi connectivity index (χ0) is 8.85. The minimum atomic E-state index is -0.892. The van der Waals surface area contributed by atoms with Crippen LogP contribution in [0.1, 0.15) is 6.92 Å². The Morgan fingerprint density at radius 1 is 1.45 bits per heavy atom. The molecule has 0 amide bonds. The van der Waals surface area contributed by atoms with Crippen molar-refractivity contribution in [2.75, 3.05) is 20.3 Å². The number of nitrogens with zero attached hydrogens (tertiary/aromatic N) is 1. The third-order valence-corrected chi connectivity index (χ3v) is 1.21. The van der Waals surface area contributed by atoms with Crippen LogP contribution in [0.4, 0.5) is 0 Å². The average molecular weight is 165 g/mol. The zero-order valence-electron chi connectivity index (χ0n) is 6.77. The molecule has 0 saturated heterocycles. The van der Waals surface area contributed by atoms with E-state index >= 15 is 0 Å². The molecular formula is C6H15NO4. The van der Waals surface area contributed by atoms with E-state index in [0.717, 1.165) is 0 Å². The van der Waals surface area contributed by atoms with Gasteiger partial charge < -0.3 is 15.3 Å². The van der Waals surface area contributed by atoms with E-state index < -0.39 is 12.3 Å². The van der Waals surface area contributed by atoms with E-state index in [1.54, 1.807) is 0 Å². The van der Waals surface area contributed by atoms with Crippen molar-refractivity contribution in [2.45, 2.75) is 19.3 Å². The predicted molar refractivity (Wildman–Crippen MR) is 38.5 cm³/mol. The summed E-state index contributed by atoms with van der Waals surface area (Å²) in [6.07, 6.45) is -1.61. The maximum Gasteiger partial charge on any atom is 0.126 e. The van der Waals surface area contributed by atoms with E-state index in [2.05, 4.69) is 0 Å². The summed E-state index contributed by atoms with van der Waals surface area (Å²) in [6.45, 7) is 1.18. The molecule has 2 atom stereocenters. The van der Waals surface area contributed by atoms with Gasteiger partial charge in [0.2, 0.25) is 0 Å². The van der Waals surface area contributed by atoms with Gasteiger partial charge in [-0.15, -0.1) is 0 Å². The van der Waals surface area contributed by atoms with Crippen molar-refractivity contribution in [1.82, 2.24) is 5.06 Å². The van der Waals surface area contributed by atoms with Gasteiger partial charge in [-0.05, 0) is 6.92 Å². The molecule has 0 aromatic rings. The summed E-state index contributed by atoms with van der Waals surface area (Å²) >= 11 is 0. The average Bonchev–Trinajstić information content (AvgIpc) is 1.99. The lowest BCUT2D eigenvalue weighted by Crippen LogP contribution is -2.33. The first-order valence-corrected chi connectivity index (χ1v) is 3.40. The fourth-order valence-electron chi connectivity index (χ4n) is 0.364. The Bertz CT molecular complexity index is 98.6. The third kappa shape index (κ3) is 5.11. The molecule has 5 nitrogen and oxygen atoms in total. The SMILES string of the molecule is CC(O)N(C)OCC(O)CO. The predicted octanol–water partition coefficient (Wildman–Crippen LogP) is -1.46. The molecule has 0 rings (SSSR count). The second-order valence-corrected chi connectivity index (χ2v) is 2.31. The number of hydroxylamine groups is 2. The lowest BCUT2D eigenvalue weighted by molar-refractivity contribution is -0.230. The molecular weight excluding hydrogens is 150 g/mol. The highest BCUT2D eigenvalue weighted by molar-refractivity contribution is 4.47.